The molecule has 0 atom stereocenters. The number of H-pyrrole nitrogens is 1. The number of aliphatic hydroxyl groups is 1. The van der Waals surface area contributed by atoms with Gasteiger partial charge in [0.2, 0.25) is 0 Å². The Balaban J connectivity index is 2.39. The summed E-state index contributed by atoms with van der Waals surface area (Å²) in [5.74, 6) is -1.35. The standard InChI is InChI=1S/C11H17N3O5S/c15-6-5-14(8-3-1-2-4-8)20(18,19)10-9(11(16)17)7-12-13-10/h7-8,15H,1-6H2,(H,12,13)(H,16,17). The Morgan fingerprint density at radius 1 is 1.45 bits per heavy atom. The lowest BCUT2D eigenvalue weighted by Crippen LogP contribution is -2.41. The van der Waals surface area contributed by atoms with Crippen LogP contribution in [0.2, 0.25) is 0 Å². The van der Waals surface area contributed by atoms with Gasteiger partial charge in [-0.15, -0.1) is 0 Å². The van der Waals surface area contributed by atoms with Crippen LogP contribution in [-0.4, -0.2) is 58.3 Å². The van der Waals surface area contributed by atoms with E-state index in [9.17, 15) is 13.2 Å². The second-order valence-corrected chi connectivity index (χ2v) is 6.52. The minimum Gasteiger partial charge on any atom is -0.478 e. The number of carboxylic acids is 1. The summed E-state index contributed by atoms with van der Waals surface area (Å²) in [5.41, 5.74) is -0.383. The zero-order chi connectivity index (χ0) is 14.8. The van der Waals surface area contributed by atoms with Crippen LogP contribution in [0.15, 0.2) is 11.2 Å². The van der Waals surface area contributed by atoms with Gasteiger partial charge >= 0.3 is 5.97 Å². The largest absolute Gasteiger partial charge is 0.478 e. The zero-order valence-electron chi connectivity index (χ0n) is 10.8. The Hall–Kier alpha value is -1.45. The number of sulfonamides is 1. The summed E-state index contributed by atoms with van der Waals surface area (Å²) in [6.07, 6.45) is 4.26. The van der Waals surface area contributed by atoms with Crippen molar-refractivity contribution < 1.29 is 23.4 Å². The number of aromatic carboxylic acids is 1. The number of aromatic amines is 1. The second-order valence-electron chi connectivity index (χ2n) is 4.70. The van der Waals surface area contributed by atoms with E-state index in [0.29, 0.717) is 0 Å². The molecule has 1 aliphatic carbocycles. The van der Waals surface area contributed by atoms with Crippen LogP contribution in [0.1, 0.15) is 36.0 Å². The zero-order valence-corrected chi connectivity index (χ0v) is 11.6. The molecular weight excluding hydrogens is 286 g/mol. The van der Waals surface area contributed by atoms with Gasteiger partial charge in [0.25, 0.3) is 10.0 Å². The molecular formula is C11H17N3O5S. The predicted molar refractivity (Wildman–Crippen MR) is 68.8 cm³/mol. The predicted octanol–water partition coefficient (Wildman–Crippen LogP) is 0.0335. The fourth-order valence-corrected chi connectivity index (χ4v) is 4.28. The third-order valence-corrected chi connectivity index (χ3v) is 5.38. The number of carbonyl (C=O) groups is 1. The first-order valence-electron chi connectivity index (χ1n) is 6.38. The molecule has 0 aromatic carbocycles. The molecule has 1 aromatic rings. The van der Waals surface area contributed by atoms with E-state index in [4.69, 9.17) is 10.2 Å². The molecule has 2 rings (SSSR count). The van der Waals surface area contributed by atoms with Crippen molar-refractivity contribution in [1.29, 1.82) is 0 Å². The Bertz CT molecular complexity index is 577. The Kier molecular flexibility index (Phi) is 4.41. The number of hydrogen-bond acceptors (Lipinski definition) is 5. The molecule has 0 aliphatic heterocycles. The molecule has 112 valence electrons. The third-order valence-electron chi connectivity index (χ3n) is 3.45. The monoisotopic (exact) mass is 303 g/mol. The van der Waals surface area contributed by atoms with E-state index in [-0.39, 0.29) is 24.8 Å². The van der Waals surface area contributed by atoms with Crippen LogP contribution in [0.25, 0.3) is 0 Å². The minimum atomic E-state index is -4.00. The Morgan fingerprint density at radius 2 is 2.10 bits per heavy atom. The summed E-state index contributed by atoms with van der Waals surface area (Å²) < 4.78 is 26.3. The van der Waals surface area contributed by atoms with Crippen LogP contribution in [0.4, 0.5) is 0 Å². The molecule has 20 heavy (non-hydrogen) atoms. The minimum absolute atomic E-state index is 0.0505. The number of aliphatic hydroxyl groups excluding tert-OH is 1. The lowest BCUT2D eigenvalue weighted by Gasteiger charge is -2.26. The number of nitrogens with zero attached hydrogens (tertiary/aromatic N) is 2. The van der Waals surface area contributed by atoms with Gasteiger partial charge in [-0.1, -0.05) is 12.8 Å². The molecule has 0 amide bonds. The molecule has 3 N–H and O–H groups in total. The normalized spacial score (nSPS) is 16.9. The summed E-state index contributed by atoms with van der Waals surface area (Å²) in [6.45, 7) is -0.364. The fourth-order valence-electron chi connectivity index (χ4n) is 2.53. The average molecular weight is 303 g/mol. The SMILES string of the molecule is O=C(O)c1cn[nH]c1S(=O)(=O)N(CCO)C1CCCC1. The number of aromatic nitrogens is 2. The fraction of sp³-hybridized carbons (Fsp3) is 0.636. The number of nitrogens with one attached hydrogen (secondary N) is 1. The first-order valence-corrected chi connectivity index (χ1v) is 7.82. The summed E-state index contributed by atoms with van der Waals surface area (Å²) in [6, 6.07) is -0.197. The number of hydrogen-bond donors (Lipinski definition) is 3. The van der Waals surface area contributed by atoms with Gasteiger partial charge in [0, 0.05) is 12.6 Å². The van der Waals surface area contributed by atoms with Crippen LogP contribution in [-0.2, 0) is 10.0 Å². The van der Waals surface area contributed by atoms with Crippen molar-refractivity contribution in [2.45, 2.75) is 36.8 Å². The van der Waals surface area contributed by atoms with Crippen LogP contribution in [0.3, 0.4) is 0 Å². The molecule has 0 saturated heterocycles. The lowest BCUT2D eigenvalue weighted by molar-refractivity contribution is 0.0692. The highest BCUT2D eigenvalue weighted by atomic mass is 32.2. The van der Waals surface area contributed by atoms with Crippen molar-refractivity contribution in [3.63, 3.8) is 0 Å². The smallest absolute Gasteiger partial charge is 0.340 e. The van der Waals surface area contributed by atoms with Gasteiger partial charge in [0.05, 0.1) is 12.8 Å². The van der Waals surface area contributed by atoms with Gasteiger partial charge in [-0.3, -0.25) is 5.10 Å². The summed E-state index contributed by atoms with van der Waals surface area (Å²) >= 11 is 0. The van der Waals surface area contributed by atoms with Gasteiger partial charge in [0.1, 0.15) is 5.56 Å². The van der Waals surface area contributed by atoms with E-state index < -0.39 is 21.0 Å². The van der Waals surface area contributed by atoms with E-state index in [1.165, 1.54) is 4.31 Å². The van der Waals surface area contributed by atoms with E-state index in [0.717, 1.165) is 31.9 Å². The molecule has 8 nitrogen and oxygen atoms in total. The van der Waals surface area contributed by atoms with Gasteiger partial charge in [-0.2, -0.15) is 9.40 Å². The first kappa shape index (κ1) is 14.9. The molecule has 0 unspecified atom stereocenters. The van der Waals surface area contributed by atoms with E-state index in [2.05, 4.69) is 10.2 Å². The quantitative estimate of drug-likeness (QED) is 0.681. The molecule has 1 heterocycles. The molecule has 1 aliphatic rings. The first-order chi connectivity index (χ1) is 9.48. The van der Waals surface area contributed by atoms with E-state index in [1.807, 2.05) is 0 Å². The van der Waals surface area contributed by atoms with Crippen LogP contribution >= 0.6 is 0 Å². The van der Waals surface area contributed by atoms with E-state index in [1.54, 1.807) is 0 Å². The van der Waals surface area contributed by atoms with Crippen molar-refractivity contribution in [2.75, 3.05) is 13.2 Å². The summed E-state index contributed by atoms with van der Waals surface area (Å²) in [4.78, 5) is 11.0. The maximum Gasteiger partial charge on any atom is 0.340 e. The van der Waals surface area contributed by atoms with Crippen molar-refractivity contribution in [3.05, 3.63) is 11.8 Å². The maximum absolute atomic E-state index is 12.6. The van der Waals surface area contributed by atoms with Crippen LogP contribution in [0, 0.1) is 0 Å². The molecule has 9 heteroatoms. The number of rotatable bonds is 6. The van der Waals surface area contributed by atoms with Crippen LogP contribution in [0.5, 0.6) is 0 Å². The molecule has 0 radical (unpaired) electrons. The van der Waals surface area contributed by atoms with Gasteiger partial charge < -0.3 is 10.2 Å². The summed E-state index contributed by atoms with van der Waals surface area (Å²) in [7, 11) is -4.00. The van der Waals surface area contributed by atoms with Crippen molar-refractivity contribution >= 4 is 16.0 Å². The Morgan fingerprint density at radius 3 is 2.65 bits per heavy atom. The summed E-state index contributed by atoms with van der Waals surface area (Å²) in [5, 5.41) is 23.4. The van der Waals surface area contributed by atoms with Crippen LogP contribution < -0.4 is 0 Å². The third kappa shape index (κ3) is 2.69. The molecule has 0 bridgehead atoms. The Labute approximate surface area is 116 Å². The molecule has 1 fully saturated rings. The van der Waals surface area contributed by atoms with Crippen molar-refractivity contribution in [1.82, 2.24) is 14.5 Å². The highest BCUT2D eigenvalue weighted by Crippen LogP contribution is 2.28. The average Bonchev–Trinajstić information content (AvgIpc) is 3.06. The van der Waals surface area contributed by atoms with Gasteiger partial charge in [-0.05, 0) is 12.8 Å². The maximum atomic E-state index is 12.6. The van der Waals surface area contributed by atoms with Crippen molar-refractivity contribution in [2.24, 2.45) is 0 Å². The lowest BCUT2D eigenvalue weighted by atomic mass is 10.2. The van der Waals surface area contributed by atoms with Gasteiger partial charge in [0.15, 0.2) is 5.03 Å². The van der Waals surface area contributed by atoms with Gasteiger partial charge in [-0.25, -0.2) is 13.2 Å². The second kappa shape index (κ2) is 5.90. The molecule has 1 saturated carbocycles. The topological polar surface area (TPSA) is 124 Å². The van der Waals surface area contributed by atoms with Crippen molar-refractivity contribution in [3.8, 4) is 0 Å². The molecule has 0 spiro atoms. The molecule has 1 aromatic heterocycles. The highest BCUT2D eigenvalue weighted by Gasteiger charge is 2.36. The highest BCUT2D eigenvalue weighted by molar-refractivity contribution is 7.89. The van der Waals surface area contributed by atoms with E-state index >= 15 is 0 Å². The number of carboxylic acid groups (broad SMARTS) is 1.